The van der Waals surface area contributed by atoms with Crippen molar-refractivity contribution in [1.82, 2.24) is 4.90 Å². The number of hydrogen-bond acceptors (Lipinski definition) is 5. The van der Waals surface area contributed by atoms with E-state index in [0.29, 0.717) is 32.8 Å². The quantitative estimate of drug-likeness (QED) is 0.113. The molecule has 0 bridgehead atoms. The van der Waals surface area contributed by atoms with Crippen LogP contribution >= 0.6 is 0 Å². The highest BCUT2D eigenvalue weighted by Gasteiger charge is 2.50. The van der Waals surface area contributed by atoms with E-state index >= 15 is 0 Å². The predicted molar refractivity (Wildman–Crippen MR) is 178 cm³/mol. The summed E-state index contributed by atoms with van der Waals surface area (Å²) in [6.45, 7) is 3.92. The van der Waals surface area contributed by atoms with Crippen LogP contribution in [0.5, 0.6) is 0 Å². The number of nitrogens with zero attached hydrogens (tertiary/aromatic N) is 1. The Morgan fingerprint density at radius 1 is 0.756 bits per heavy atom. The van der Waals surface area contributed by atoms with Gasteiger partial charge < -0.3 is 18.9 Å². The molecule has 0 radical (unpaired) electrons. The second kappa shape index (κ2) is 17.9. The average Bonchev–Trinajstić information content (AvgIpc) is 3.07. The van der Waals surface area contributed by atoms with Crippen LogP contribution in [0.25, 0.3) is 0 Å². The first-order valence-electron chi connectivity index (χ1n) is 16.8. The fraction of sp³-hybridized carbons (Fsp3) is 0.462. The predicted octanol–water partition coefficient (Wildman–Crippen LogP) is 8.64. The fourth-order valence-corrected chi connectivity index (χ4v) is 6.41. The summed E-state index contributed by atoms with van der Waals surface area (Å²) in [5, 5.41) is 0. The molecule has 2 heterocycles. The number of cyclic esters (lactones) is 1. The Kier molecular flexibility index (Phi) is 13.1. The standard InChI is InChI=1S/C39H49NO5/c1-2-3-4-5-6-7-17-24-35-25-34-26-37(43-28-32-20-13-9-14-21-32)38(44-29-33-22-15-10-16-23-33)36(40(34)39(41)45-35)30-42-27-31-18-11-8-12-19-31/h7-23,34-38H,2-6,24-30H2,1H3/b17-7+/t34-,35+,36+,37-,38-/m1/s1. The third kappa shape index (κ3) is 10.0. The van der Waals surface area contributed by atoms with Crippen molar-refractivity contribution in [3.05, 3.63) is 120 Å². The Morgan fingerprint density at radius 2 is 1.38 bits per heavy atom. The number of carbonyl (C=O) groups excluding carboxylic acids is 1. The molecule has 1 amide bonds. The zero-order chi connectivity index (χ0) is 31.1. The lowest BCUT2D eigenvalue weighted by molar-refractivity contribution is -0.177. The van der Waals surface area contributed by atoms with Crippen molar-refractivity contribution in [1.29, 1.82) is 0 Å². The number of benzene rings is 3. The number of ether oxygens (including phenoxy) is 4. The SMILES string of the molecule is CCCCCC/C=C/C[C@H]1C[C@@H]2C[C@@H](OCc3ccccc3)[C@H](OCc3ccccc3)[C@H](COCc3ccccc3)N2C(=O)O1. The summed E-state index contributed by atoms with van der Waals surface area (Å²) in [4.78, 5) is 15.6. The number of amides is 1. The van der Waals surface area contributed by atoms with E-state index in [1.165, 1.54) is 25.7 Å². The molecule has 5 rings (SSSR count). The molecule has 0 spiro atoms. The maximum Gasteiger partial charge on any atom is 0.410 e. The van der Waals surface area contributed by atoms with Gasteiger partial charge in [0.15, 0.2) is 0 Å². The number of hydrogen-bond donors (Lipinski definition) is 0. The maximum atomic E-state index is 13.7. The highest BCUT2D eigenvalue weighted by atomic mass is 16.6. The van der Waals surface area contributed by atoms with Gasteiger partial charge in [-0.05, 0) is 36.0 Å². The van der Waals surface area contributed by atoms with Crippen molar-refractivity contribution in [3.8, 4) is 0 Å². The minimum atomic E-state index is -0.381. The van der Waals surface area contributed by atoms with Crippen LogP contribution in [0.15, 0.2) is 103 Å². The van der Waals surface area contributed by atoms with Crippen LogP contribution in [0.2, 0.25) is 0 Å². The Balaban J connectivity index is 1.32. The van der Waals surface area contributed by atoms with Gasteiger partial charge in [-0.2, -0.15) is 0 Å². The third-order valence-electron chi connectivity index (χ3n) is 8.80. The largest absolute Gasteiger partial charge is 0.446 e. The van der Waals surface area contributed by atoms with E-state index in [-0.39, 0.29) is 36.5 Å². The smallest absolute Gasteiger partial charge is 0.410 e. The molecular formula is C39H49NO5. The Bertz CT molecular complexity index is 1280. The zero-order valence-corrected chi connectivity index (χ0v) is 26.7. The number of allylic oxidation sites excluding steroid dienone is 1. The lowest BCUT2D eigenvalue weighted by Crippen LogP contribution is -2.66. The maximum absolute atomic E-state index is 13.7. The van der Waals surface area contributed by atoms with Crippen LogP contribution in [0.4, 0.5) is 4.79 Å². The summed E-state index contributed by atoms with van der Waals surface area (Å²) in [5.41, 5.74) is 3.28. The van der Waals surface area contributed by atoms with Crippen LogP contribution in [-0.4, -0.2) is 48.0 Å². The van der Waals surface area contributed by atoms with Gasteiger partial charge in [-0.3, -0.25) is 4.90 Å². The van der Waals surface area contributed by atoms with Crippen molar-refractivity contribution in [2.75, 3.05) is 6.61 Å². The molecule has 0 saturated carbocycles. The highest BCUT2D eigenvalue weighted by Crippen LogP contribution is 2.36. The molecule has 0 aromatic heterocycles. The molecule has 2 fully saturated rings. The van der Waals surface area contributed by atoms with E-state index in [2.05, 4.69) is 55.5 Å². The first-order chi connectivity index (χ1) is 22.2. The zero-order valence-electron chi connectivity index (χ0n) is 26.7. The van der Waals surface area contributed by atoms with E-state index < -0.39 is 0 Å². The topological polar surface area (TPSA) is 57.2 Å². The van der Waals surface area contributed by atoms with Gasteiger partial charge in [0.2, 0.25) is 0 Å². The average molecular weight is 612 g/mol. The second-order valence-electron chi connectivity index (χ2n) is 12.3. The van der Waals surface area contributed by atoms with Gasteiger partial charge in [0.05, 0.1) is 38.6 Å². The van der Waals surface area contributed by atoms with Crippen LogP contribution in [0, 0.1) is 0 Å². The molecule has 45 heavy (non-hydrogen) atoms. The minimum Gasteiger partial charge on any atom is -0.446 e. The summed E-state index contributed by atoms with van der Waals surface area (Å²) in [6, 6.07) is 30.2. The molecule has 6 heteroatoms. The molecule has 0 aliphatic carbocycles. The first-order valence-corrected chi connectivity index (χ1v) is 16.8. The van der Waals surface area contributed by atoms with Gasteiger partial charge in [-0.25, -0.2) is 4.79 Å². The van der Waals surface area contributed by atoms with Crippen molar-refractivity contribution in [2.24, 2.45) is 0 Å². The van der Waals surface area contributed by atoms with Gasteiger partial charge >= 0.3 is 6.09 Å². The molecule has 240 valence electrons. The molecule has 3 aromatic rings. The number of fused-ring (bicyclic) bond motifs is 1. The minimum absolute atomic E-state index is 0.0168. The van der Waals surface area contributed by atoms with Gasteiger partial charge in [0, 0.05) is 18.9 Å². The van der Waals surface area contributed by atoms with Gasteiger partial charge in [-0.1, -0.05) is 129 Å². The Morgan fingerprint density at radius 3 is 2.02 bits per heavy atom. The van der Waals surface area contributed by atoms with E-state index in [9.17, 15) is 4.79 Å². The van der Waals surface area contributed by atoms with Gasteiger partial charge in [0.25, 0.3) is 0 Å². The number of unbranched alkanes of at least 4 members (excludes halogenated alkanes) is 4. The lowest BCUT2D eigenvalue weighted by atomic mass is 9.86. The van der Waals surface area contributed by atoms with Crippen LogP contribution in [-0.2, 0) is 38.8 Å². The van der Waals surface area contributed by atoms with Crippen molar-refractivity contribution < 1.29 is 23.7 Å². The van der Waals surface area contributed by atoms with E-state index in [1.54, 1.807) is 0 Å². The summed E-state index contributed by atoms with van der Waals surface area (Å²) in [6.07, 6.45) is 11.7. The molecule has 5 atom stereocenters. The third-order valence-corrected chi connectivity index (χ3v) is 8.80. The molecule has 3 aromatic carbocycles. The molecule has 2 aliphatic rings. The fourth-order valence-electron chi connectivity index (χ4n) is 6.41. The molecule has 2 aliphatic heterocycles. The summed E-state index contributed by atoms with van der Waals surface area (Å²) in [5.74, 6) is 0. The van der Waals surface area contributed by atoms with E-state index in [0.717, 1.165) is 36.0 Å². The van der Waals surface area contributed by atoms with Crippen LogP contribution in [0.1, 0.15) is 75.0 Å². The van der Waals surface area contributed by atoms with Crippen LogP contribution in [0.3, 0.4) is 0 Å². The number of piperidine rings is 1. The van der Waals surface area contributed by atoms with E-state index in [1.807, 2.05) is 59.5 Å². The van der Waals surface area contributed by atoms with Crippen molar-refractivity contribution in [3.63, 3.8) is 0 Å². The van der Waals surface area contributed by atoms with Gasteiger partial charge in [0.1, 0.15) is 12.2 Å². The summed E-state index contributed by atoms with van der Waals surface area (Å²) < 4.78 is 25.7. The number of rotatable bonds is 17. The molecule has 2 saturated heterocycles. The molecular weight excluding hydrogens is 562 g/mol. The monoisotopic (exact) mass is 611 g/mol. The van der Waals surface area contributed by atoms with Gasteiger partial charge in [-0.15, -0.1) is 0 Å². The Labute approximate surface area is 269 Å². The summed E-state index contributed by atoms with van der Waals surface area (Å²) >= 11 is 0. The molecule has 0 N–H and O–H groups in total. The first kappa shape index (κ1) is 32.9. The Hall–Kier alpha value is -3.45. The second-order valence-corrected chi connectivity index (χ2v) is 12.3. The van der Waals surface area contributed by atoms with Crippen molar-refractivity contribution >= 4 is 6.09 Å². The normalized spacial score (nSPS) is 23.2. The highest BCUT2D eigenvalue weighted by molar-refractivity contribution is 5.70. The molecule has 6 nitrogen and oxygen atoms in total. The van der Waals surface area contributed by atoms with Crippen molar-refractivity contribution in [2.45, 2.75) is 109 Å². The lowest BCUT2D eigenvalue weighted by Gasteiger charge is -2.51. The van der Waals surface area contributed by atoms with E-state index in [4.69, 9.17) is 18.9 Å². The number of carbonyl (C=O) groups is 1. The summed E-state index contributed by atoms with van der Waals surface area (Å²) in [7, 11) is 0. The molecule has 0 unspecified atom stereocenters. The van der Waals surface area contributed by atoms with Crippen LogP contribution < -0.4 is 0 Å².